The third-order valence-corrected chi connectivity index (χ3v) is 6.49. The van der Waals surface area contributed by atoms with E-state index in [0.29, 0.717) is 5.02 Å². The largest absolute Gasteiger partial charge is 0.449 e. The summed E-state index contributed by atoms with van der Waals surface area (Å²) in [4.78, 5) is 12.6. The van der Waals surface area contributed by atoms with E-state index in [4.69, 9.17) is 16.3 Å². The third kappa shape index (κ3) is 4.43. The normalized spacial score (nSPS) is 12.2. The van der Waals surface area contributed by atoms with Gasteiger partial charge in [-0.25, -0.2) is 4.79 Å². The predicted octanol–water partition coefficient (Wildman–Crippen LogP) is 6.54. The average Bonchev–Trinajstić information content (AvgIpc) is 3.20. The lowest BCUT2D eigenvalue weighted by molar-refractivity contribution is 0.142. The smallest absolute Gasteiger partial charge is 0.407 e. The average molecular weight is 470 g/mol. The van der Waals surface area contributed by atoms with Crippen molar-refractivity contribution in [3.05, 3.63) is 118 Å². The molecule has 34 heavy (non-hydrogen) atoms. The Hall–Kier alpha value is -3.60. The van der Waals surface area contributed by atoms with Crippen molar-refractivity contribution in [3.63, 3.8) is 0 Å². The van der Waals surface area contributed by atoms with E-state index >= 15 is 0 Å². The van der Waals surface area contributed by atoms with Gasteiger partial charge >= 0.3 is 6.09 Å². The van der Waals surface area contributed by atoms with E-state index < -0.39 is 6.09 Å². The van der Waals surface area contributed by atoms with Gasteiger partial charge in [-0.05, 0) is 62.7 Å². The molecule has 4 aromatic carbocycles. The zero-order chi connectivity index (χ0) is 23.5. The minimum atomic E-state index is -0.475. The molecule has 0 aliphatic heterocycles. The summed E-state index contributed by atoms with van der Waals surface area (Å²) in [5.41, 5.74) is 8.33. The second-order valence-corrected chi connectivity index (χ2v) is 8.78. The van der Waals surface area contributed by atoms with Crippen molar-refractivity contribution in [3.8, 4) is 22.3 Å². The molecule has 0 heterocycles. The molecule has 0 unspecified atom stereocenters. The van der Waals surface area contributed by atoms with E-state index in [2.05, 4.69) is 29.6 Å². The van der Waals surface area contributed by atoms with Crippen LogP contribution in [0.25, 0.3) is 22.3 Å². The molecule has 0 atom stereocenters. The van der Waals surface area contributed by atoms with Crippen LogP contribution in [0.5, 0.6) is 0 Å². The number of fused-ring (bicyclic) bond motifs is 3. The lowest BCUT2D eigenvalue weighted by atomic mass is 9.98. The summed E-state index contributed by atoms with van der Waals surface area (Å²) in [6, 6.07) is 29.8. The second kappa shape index (κ2) is 9.72. The molecule has 5 heteroatoms. The number of amides is 1. The van der Waals surface area contributed by atoms with Crippen LogP contribution in [0, 0.1) is 0 Å². The van der Waals surface area contributed by atoms with Crippen LogP contribution in [0.4, 0.5) is 4.79 Å². The zero-order valence-electron chi connectivity index (χ0n) is 18.5. The summed E-state index contributed by atoms with van der Waals surface area (Å²) < 4.78 is 5.66. The van der Waals surface area contributed by atoms with E-state index in [0.717, 1.165) is 22.3 Å². The van der Waals surface area contributed by atoms with E-state index in [1.807, 2.05) is 66.7 Å². The van der Waals surface area contributed by atoms with Gasteiger partial charge in [-0.2, -0.15) is 0 Å². The van der Waals surface area contributed by atoms with Crippen molar-refractivity contribution in [1.29, 1.82) is 0 Å². The Bertz CT molecular complexity index is 1310. The molecule has 2 N–H and O–H groups in total. The lowest BCUT2D eigenvalue weighted by Gasteiger charge is -2.16. The van der Waals surface area contributed by atoms with Gasteiger partial charge in [-0.1, -0.05) is 84.4 Å². The van der Waals surface area contributed by atoms with Crippen molar-refractivity contribution in [2.45, 2.75) is 19.1 Å². The standard InChI is InChI=1S/C29H24ClNO3/c30-22-12-13-23(20-7-5-6-19(14-20)17-32)21(15-22)16-31-29(33)34-18-28-26-10-3-1-8-24(26)25-9-2-4-11-27(25)28/h1-15,28,32H,16-18H2,(H,31,33). The summed E-state index contributed by atoms with van der Waals surface area (Å²) in [6.07, 6.45) is -0.475. The number of rotatable bonds is 6. The van der Waals surface area contributed by atoms with Gasteiger partial charge in [-0.3, -0.25) is 0 Å². The predicted molar refractivity (Wildman–Crippen MR) is 135 cm³/mol. The van der Waals surface area contributed by atoms with Crippen LogP contribution in [0.3, 0.4) is 0 Å². The quantitative estimate of drug-likeness (QED) is 0.337. The number of benzene rings is 4. The molecule has 5 rings (SSSR count). The number of alkyl carbamates (subject to hydrolysis) is 1. The molecule has 0 aromatic heterocycles. The van der Waals surface area contributed by atoms with Crippen molar-refractivity contribution in [2.75, 3.05) is 6.61 Å². The topological polar surface area (TPSA) is 58.6 Å². The lowest BCUT2D eigenvalue weighted by Crippen LogP contribution is -2.26. The number of aliphatic hydroxyl groups is 1. The van der Waals surface area contributed by atoms with Crippen LogP contribution >= 0.6 is 11.6 Å². The molecule has 0 fully saturated rings. The van der Waals surface area contributed by atoms with Crippen LogP contribution in [-0.4, -0.2) is 17.8 Å². The van der Waals surface area contributed by atoms with Gasteiger partial charge in [-0.15, -0.1) is 0 Å². The fraction of sp³-hybridized carbons (Fsp3) is 0.138. The molecule has 1 amide bonds. The minimum absolute atomic E-state index is 0.0149. The van der Waals surface area contributed by atoms with Crippen molar-refractivity contribution in [1.82, 2.24) is 5.32 Å². The third-order valence-electron chi connectivity index (χ3n) is 6.25. The fourth-order valence-electron chi connectivity index (χ4n) is 4.64. The fourth-order valence-corrected chi connectivity index (χ4v) is 4.84. The van der Waals surface area contributed by atoms with Crippen molar-refractivity contribution < 1.29 is 14.6 Å². The van der Waals surface area contributed by atoms with Crippen LogP contribution in [0.2, 0.25) is 5.02 Å². The number of halogens is 1. The summed E-state index contributed by atoms with van der Waals surface area (Å²) in [5.74, 6) is 0.0149. The number of hydrogen-bond acceptors (Lipinski definition) is 3. The minimum Gasteiger partial charge on any atom is -0.449 e. The van der Waals surface area contributed by atoms with Gasteiger partial charge in [0.15, 0.2) is 0 Å². The number of hydrogen-bond donors (Lipinski definition) is 2. The van der Waals surface area contributed by atoms with Crippen LogP contribution in [0.1, 0.15) is 28.2 Å². The van der Waals surface area contributed by atoms with E-state index in [1.54, 1.807) is 0 Å². The molecule has 4 aromatic rings. The Morgan fingerprint density at radius 2 is 1.56 bits per heavy atom. The highest BCUT2D eigenvalue weighted by atomic mass is 35.5. The Labute approximate surface area is 203 Å². The first kappa shape index (κ1) is 22.2. The Morgan fingerprint density at radius 3 is 2.26 bits per heavy atom. The molecule has 0 saturated carbocycles. The molecule has 4 nitrogen and oxygen atoms in total. The summed E-state index contributed by atoms with van der Waals surface area (Å²) in [6.45, 7) is 0.505. The molecule has 0 spiro atoms. The number of ether oxygens (including phenoxy) is 1. The van der Waals surface area contributed by atoms with E-state index in [9.17, 15) is 9.90 Å². The van der Waals surface area contributed by atoms with Gasteiger partial charge in [0, 0.05) is 17.5 Å². The monoisotopic (exact) mass is 469 g/mol. The van der Waals surface area contributed by atoms with Gasteiger partial charge in [0.25, 0.3) is 0 Å². The molecule has 0 saturated heterocycles. The molecule has 0 radical (unpaired) electrons. The molecule has 170 valence electrons. The maximum absolute atomic E-state index is 12.6. The van der Waals surface area contributed by atoms with E-state index in [1.165, 1.54) is 22.3 Å². The van der Waals surface area contributed by atoms with E-state index in [-0.39, 0.29) is 25.7 Å². The molecule has 1 aliphatic carbocycles. The molecular formula is C29H24ClNO3. The van der Waals surface area contributed by atoms with Crippen molar-refractivity contribution in [2.24, 2.45) is 0 Å². The molecule has 1 aliphatic rings. The SMILES string of the molecule is O=C(NCc1cc(Cl)ccc1-c1cccc(CO)c1)OCC1c2ccccc2-c2ccccc21. The first-order chi connectivity index (χ1) is 16.6. The maximum Gasteiger partial charge on any atom is 0.407 e. The Morgan fingerprint density at radius 1 is 0.853 bits per heavy atom. The highest BCUT2D eigenvalue weighted by molar-refractivity contribution is 6.30. The van der Waals surface area contributed by atoms with Gasteiger partial charge in [0.1, 0.15) is 6.61 Å². The zero-order valence-corrected chi connectivity index (χ0v) is 19.3. The Kier molecular flexibility index (Phi) is 6.35. The van der Waals surface area contributed by atoms with Crippen molar-refractivity contribution >= 4 is 17.7 Å². The summed E-state index contributed by atoms with van der Waals surface area (Å²) in [5, 5.41) is 12.9. The highest BCUT2D eigenvalue weighted by Crippen LogP contribution is 2.44. The summed E-state index contributed by atoms with van der Waals surface area (Å²) in [7, 11) is 0. The number of nitrogens with one attached hydrogen (secondary N) is 1. The number of carbonyl (C=O) groups excluding carboxylic acids is 1. The summed E-state index contributed by atoms with van der Waals surface area (Å²) >= 11 is 6.24. The van der Waals surface area contributed by atoms with Crippen LogP contribution in [-0.2, 0) is 17.9 Å². The maximum atomic E-state index is 12.6. The van der Waals surface area contributed by atoms with Gasteiger partial charge in [0.05, 0.1) is 6.61 Å². The first-order valence-electron chi connectivity index (χ1n) is 11.2. The van der Waals surface area contributed by atoms with Gasteiger partial charge in [0.2, 0.25) is 0 Å². The van der Waals surface area contributed by atoms with Crippen LogP contribution in [0.15, 0.2) is 91.0 Å². The number of carbonyl (C=O) groups is 1. The van der Waals surface area contributed by atoms with Crippen LogP contribution < -0.4 is 5.32 Å². The molecule has 0 bridgehead atoms. The van der Waals surface area contributed by atoms with Gasteiger partial charge < -0.3 is 15.2 Å². The first-order valence-corrected chi connectivity index (χ1v) is 11.6. The highest BCUT2D eigenvalue weighted by Gasteiger charge is 2.29. The Balaban J connectivity index is 1.28. The molecular weight excluding hydrogens is 446 g/mol. The number of aliphatic hydroxyl groups excluding tert-OH is 1. The second-order valence-electron chi connectivity index (χ2n) is 8.34.